The Hall–Kier alpha value is -1.84. The van der Waals surface area contributed by atoms with E-state index in [9.17, 15) is 9.59 Å². The minimum absolute atomic E-state index is 0.224. The molecule has 0 radical (unpaired) electrons. The Labute approximate surface area is 100 Å². The van der Waals surface area contributed by atoms with Crippen molar-refractivity contribution in [1.29, 1.82) is 0 Å². The summed E-state index contributed by atoms with van der Waals surface area (Å²) in [6.07, 6.45) is 0.933. The van der Waals surface area contributed by atoms with Crippen molar-refractivity contribution in [1.82, 2.24) is 4.90 Å². The lowest BCUT2D eigenvalue weighted by Crippen LogP contribution is -2.33. The first kappa shape index (κ1) is 11.6. The zero-order chi connectivity index (χ0) is 12.6. The molecule has 0 aromatic heterocycles. The van der Waals surface area contributed by atoms with Crippen LogP contribution in [0.15, 0.2) is 18.2 Å². The van der Waals surface area contributed by atoms with E-state index in [0.717, 1.165) is 6.42 Å². The highest BCUT2D eigenvalue weighted by molar-refractivity contribution is 6.23. The molecule has 90 valence electrons. The van der Waals surface area contributed by atoms with Crippen molar-refractivity contribution in [2.75, 3.05) is 12.3 Å². The Bertz CT molecular complexity index is 482. The monoisotopic (exact) mass is 232 g/mol. The third-order valence-electron chi connectivity index (χ3n) is 3.22. The molecule has 4 heteroatoms. The molecule has 0 saturated carbocycles. The second-order valence-corrected chi connectivity index (χ2v) is 4.50. The quantitative estimate of drug-likeness (QED) is 0.639. The summed E-state index contributed by atoms with van der Waals surface area (Å²) in [7, 11) is 0. The Kier molecular flexibility index (Phi) is 2.88. The summed E-state index contributed by atoms with van der Waals surface area (Å²) in [5.41, 5.74) is 6.92. The van der Waals surface area contributed by atoms with Crippen molar-refractivity contribution < 1.29 is 9.59 Å². The Morgan fingerprint density at radius 3 is 2.59 bits per heavy atom. The summed E-state index contributed by atoms with van der Waals surface area (Å²) in [4.78, 5) is 25.5. The van der Waals surface area contributed by atoms with Gasteiger partial charge in [0.2, 0.25) is 0 Å². The number of hydrogen-bond acceptors (Lipinski definition) is 3. The van der Waals surface area contributed by atoms with Crippen molar-refractivity contribution in [2.24, 2.45) is 5.92 Å². The van der Waals surface area contributed by atoms with Gasteiger partial charge in [-0.25, -0.2) is 0 Å². The number of hydrogen-bond donors (Lipinski definition) is 1. The van der Waals surface area contributed by atoms with Crippen LogP contribution in [-0.4, -0.2) is 23.3 Å². The van der Waals surface area contributed by atoms with Crippen LogP contribution >= 0.6 is 0 Å². The van der Waals surface area contributed by atoms with E-state index in [1.165, 1.54) is 4.90 Å². The number of rotatable bonds is 3. The zero-order valence-corrected chi connectivity index (χ0v) is 10.1. The summed E-state index contributed by atoms with van der Waals surface area (Å²) in [5, 5.41) is 0. The molecule has 17 heavy (non-hydrogen) atoms. The van der Waals surface area contributed by atoms with Crippen molar-refractivity contribution in [3.63, 3.8) is 0 Å². The predicted molar refractivity (Wildman–Crippen MR) is 65.7 cm³/mol. The summed E-state index contributed by atoms with van der Waals surface area (Å²) in [5.74, 6) is -0.181. The van der Waals surface area contributed by atoms with Crippen molar-refractivity contribution >= 4 is 17.5 Å². The number of carbonyl (C=O) groups is 2. The van der Waals surface area contributed by atoms with Gasteiger partial charge < -0.3 is 5.73 Å². The number of nitrogen functional groups attached to an aromatic ring is 1. The molecule has 1 aliphatic heterocycles. The van der Waals surface area contributed by atoms with E-state index in [1.54, 1.807) is 18.2 Å². The van der Waals surface area contributed by atoms with Gasteiger partial charge in [-0.2, -0.15) is 0 Å². The molecule has 2 rings (SSSR count). The third-order valence-corrected chi connectivity index (χ3v) is 3.22. The van der Waals surface area contributed by atoms with Gasteiger partial charge >= 0.3 is 0 Å². The molecule has 0 bridgehead atoms. The van der Waals surface area contributed by atoms with Gasteiger partial charge in [0.15, 0.2) is 0 Å². The largest absolute Gasteiger partial charge is 0.398 e. The van der Waals surface area contributed by atoms with E-state index >= 15 is 0 Å². The lowest BCUT2D eigenvalue weighted by molar-refractivity contribution is 0.0632. The lowest BCUT2D eigenvalue weighted by Gasteiger charge is -2.17. The second-order valence-electron chi connectivity index (χ2n) is 4.50. The number of nitrogens with zero attached hydrogens (tertiary/aromatic N) is 1. The molecular formula is C13H16N2O2. The van der Waals surface area contributed by atoms with E-state index in [2.05, 4.69) is 0 Å². The summed E-state index contributed by atoms with van der Waals surface area (Å²) in [6.45, 7) is 4.52. The minimum atomic E-state index is -0.261. The number of imide groups is 1. The maximum Gasteiger partial charge on any atom is 0.263 e. The summed E-state index contributed by atoms with van der Waals surface area (Å²) < 4.78 is 0. The highest BCUT2D eigenvalue weighted by atomic mass is 16.2. The number of fused-ring (bicyclic) bond motifs is 1. The average Bonchev–Trinajstić information content (AvgIpc) is 2.55. The summed E-state index contributed by atoms with van der Waals surface area (Å²) >= 11 is 0. The third kappa shape index (κ3) is 1.79. The molecule has 0 fully saturated rings. The van der Waals surface area contributed by atoms with Crippen LogP contribution in [-0.2, 0) is 0 Å². The van der Waals surface area contributed by atoms with Gasteiger partial charge in [-0.3, -0.25) is 14.5 Å². The molecule has 1 atom stereocenters. The standard InChI is InChI=1S/C13H16N2O2/c1-3-8(2)7-15-12(16)9-5-4-6-10(14)11(9)13(15)17/h4-6,8H,3,7,14H2,1-2H3. The SMILES string of the molecule is CCC(C)CN1C(=O)c2cccc(N)c2C1=O. The number of carbonyl (C=O) groups excluding carboxylic acids is 2. The zero-order valence-electron chi connectivity index (χ0n) is 10.1. The fourth-order valence-electron chi connectivity index (χ4n) is 1.97. The molecule has 4 nitrogen and oxygen atoms in total. The Morgan fingerprint density at radius 2 is 2.00 bits per heavy atom. The first-order valence-corrected chi connectivity index (χ1v) is 5.81. The normalized spacial score (nSPS) is 16.2. The molecule has 0 aliphatic carbocycles. The van der Waals surface area contributed by atoms with Crippen LogP contribution in [0.3, 0.4) is 0 Å². The molecular weight excluding hydrogens is 216 g/mol. The van der Waals surface area contributed by atoms with Crippen molar-refractivity contribution in [3.8, 4) is 0 Å². The van der Waals surface area contributed by atoms with Gasteiger partial charge in [-0.15, -0.1) is 0 Å². The van der Waals surface area contributed by atoms with E-state index in [4.69, 9.17) is 5.73 Å². The van der Waals surface area contributed by atoms with Crippen molar-refractivity contribution in [2.45, 2.75) is 20.3 Å². The van der Waals surface area contributed by atoms with Gasteiger partial charge in [0.05, 0.1) is 11.1 Å². The smallest absolute Gasteiger partial charge is 0.263 e. The molecule has 0 spiro atoms. The highest BCUT2D eigenvalue weighted by Crippen LogP contribution is 2.28. The van der Waals surface area contributed by atoms with Crippen LogP contribution < -0.4 is 5.73 Å². The Morgan fingerprint density at radius 1 is 1.29 bits per heavy atom. The number of benzene rings is 1. The fourth-order valence-corrected chi connectivity index (χ4v) is 1.97. The van der Waals surface area contributed by atoms with E-state index in [1.807, 2.05) is 13.8 Å². The molecule has 2 N–H and O–H groups in total. The van der Waals surface area contributed by atoms with Crippen LogP contribution in [0.5, 0.6) is 0 Å². The second kappa shape index (κ2) is 4.20. The highest BCUT2D eigenvalue weighted by Gasteiger charge is 2.37. The van der Waals surface area contributed by atoms with Gasteiger partial charge in [0.1, 0.15) is 0 Å². The molecule has 1 aromatic carbocycles. The van der Waals surface area contributed by atoms with Crippen LogP contribution in [0, 0.1) is 5.92 Å². The molecule has 1 aromatic rings. The molecule has 1 heterocycles. The van der Waals surface area contributed by atoms with Crippen LogP contribution in [0.2, 0.25) is 0 Å². The van der Waals surface area contributed by atoms with E-state index in [-0.39, 0.29) is 11.8 Å². The van der Waals surface area contributed by atoms with Gasteiger partial charge in [0, 0.05) is 12.2 Å². The number of anilines is 1. The topological polar surface area (TPSA) is 63.4 Å². The molecule has 2 amide bonds. The first-order chi connectivity index (χ1) is 8.06. The van der Waals surface area contributed by atoms with Gasteiger partial charge in [-0.05, 0) is 18.1 Å². The van der Waals surface area contributed by atoms with Crippen LogP contribution in [0.4, 0.5) is 5.69 Å². The Balaban J connectivity index is 2.36. The van der Waals surface area contributed by atoms with Crippen molar-refractivity contribution in [3.05, 3.63) is 29.3 Å². The molecule has 0 saturated heterocycles. The van der Waals surface area contributed by atoms with Gasteiger partial charge in [-0.1, -0.05) is 26.3 Å². The van der Waals surface area contributed by atoms with E-state index < -0.39 is 0 Å². The maximum absolute atomic E-state index is 12.1. The average molecular weight is 232 g/mol. The number of nitrogens with two attached hydrogens (primary N) is 1. The first-order valence-electron chi connectivity index (χ1n) is 5.81. The number of amides is 2. The lowest BCUT2D eigenvalue weighted by atomic mass is 10.1. The van der Waals surface area contributed by atoms with Gasteiger partial charge in [0.25, 0.3) is 11.8 Å². The minimum Gasteiger partial charge on any atom is -0.398 e. The predicted octanol–water partition coefficient (Wildman–Crippen LogP) is 1.91. The summed E-state index contributed by atoms with van der Waals surface area (Å²) in [6, 6.07) is 5.01. The van der Waals surface area contributed by atoms with Crippen LogP contribution in [0.25, 0.3) is 0 Å². The van der Waals surface area contributed by atoms with Crippen LogP contribution in [0.1, 0.15) is 41.0 Å². The molecule has 1 aliphatic rings. The molecule has 1 unspecified atom stereocenters. The maximum atomic E-state index is 12.1. The fraction of sp³-hybridized carbons (Fsp3) is 0.385. The van der Waals surface area contributed by atoms with E-state index in [0.29, 0.717) is 29.3 Å².